The fourth-order valence-electron chi connectivity index (χ4n) is 1.51. The second-order valence-corrected chi connectivity index (χ2v) is 5.33. The second-order valence-electron chi connectivity index (χ2n) is 3.77. The molecular formula is C8H13F3O6S. The smallest absolute Gasteiger partial charge is 0.390 e. The summed E-state index contributed by atoms with van der Waals surface area (Å²) in [7, 11) is -4.48. The Labute approximate surface area is 102 Å². The summed E-state index contributed by atoms with van der Waals surface area (Å²) in [5.74, 6) is 0. The fraction of sp³-hybridized carbons (Fsp3) is 1.00. The van der Waals surface area contributed by atoms with Gasteiger partial charge in [-0.1, -0.05) is 0 Å². The van der Waals surface area contributed by atoms with Gasteiger partial charge in [0.05, 0.1) is 12.2 Å². The molecule has 0 aromatic heterocycles. The van der Waals surface area contributed by atoms with E-state index in [1.54, 1.807) is 0 Å². The highest BCUT2D eigenvalue weighted by Crippen LogP contribution is 2.30. The Kier molecular flexibility index (Phi) is 4.60. The van der Waals surface area contributed by atoms with E-state index in [1.807, 2.05) is 0 Å². The van der Waals surface area contributed by atoms with E-state index in [2.05, 4.69) is 4.18 Å². The first-order chi connectivity index (χ1) is 8.08. The Balaban J connectivity index is 2.79. The van der Waals surface area contributed by atoms with Crippen LogP contribution >= 0.6 is 0 Å². The minimum absolute atomic E-state index is 0.182. The zero-order valence-corrected chi connectivity index (χ0v) is 10.4. The molecule has 0 radical (unpaired) electrons. The van der Waals surface area contributed by atoms with Gasteiger partial charge in [0.2, 0.25) is 0 Å². The molecule has 0 unspecified atom stereocenters. The average Bonchev–Trinajstić information content (AvgIpc) is 2.21. The summed E-state index contributed by atoms with van der Waals surface area (Å²) in [4.78, 5) is 0. The molecule has 6 nitrogen and oxygen atoms in total. The zero-order chi connectivity index (χ0) is 14.1. The highest BCUT2D eigenvalue weighted by molar-refractivity contribution is 7.87. The Bertz CT molecular complexity index is 369. The van der Waals surface area contributed by atoms with E-state index in [4.69, 9.17) is 9.47 Å². The van der Waals surface area contributed by atoms with E-state index >= 15 is 0 Å². The van der Waals surface area contributed by atoms with Gasteiger partial charge in [0.1, 0.15) is 6.10 Å². The van der Waals surface area contributed by atoms with E-state index in [0.717, 1.165) is 0 Å². The number of aliphatic hydroxyl groups is 1. The highest BCUT2D eigenvalue weighted by Gasteiger charge is 2.51. The van der Waals surface area contributed by atoms with Gasteiger partial charge in [0, 0.05) is 13.5 Å². The standard InChI is InChI=1S/C8H13F3O6S/c1-4-7(5(12)3-6(15-2)16-4)17-18(13,14)8(9,10)11/h4-7,12H,3H2,1-2H3/t4-,5+,6-,7-/m1/s1. The lowest BCUT2D eigenvalue weighted by atomic mass is 10.0. The number of hydrogen-bond acceptors (Lipinski definition) is 6. The summed E-state index contributed by atoms with van der Waals surface area (Å²) < 4.78 is 71.8. The molecule has 1 aliphatic rings. The van der Waals surface area contributed by atoms with Gasteiger partial charge in [0.25, 0.3) is 0 Å². The van der Waals surface area contributed by atoms with Crippen LogP contribution in [0.5, 0.6) is 0 Å². The summed E-state index contributed by atoms with van der Waals surface area (Å²) in [6, 6.07) is 0. The number of rotatable bonds is 3. The SMILES string of the molecule is CO[C@H]1C[C@H](O)[C@H](OS(=O)(=O)C(F)(F)F)[C@@H](C)O1. The molecular weight excluding hydrogens is 281 g/mol. The van der Waals surface area contributed by atoms with Crippen LogP contribution in [-0.4, -0.2) is 50.7 Å². The molecule has 1 N–H and O–H groups in total. The lowest BCUT2D eigenvalue weighted by molar-refractivity contribution is -0.232. The van der Waals surface area contributed by atoms with Crippen molar-refractivity contribution in [3.8, 4) is 0 Å². The minimum Gasteiger partial charge on any atom is -0.390 e. The molecule has 108 valence electrons. The third-order valence-electron chi connectivity index (χ3n) is 2.43. The van der Waals surface area contributed by atoms with Crippen molar-refractivity contribution >= 4 is 10.1 Å². The number of alkyl halides is 3. The first kappa shape index (κ1) is 15.6. The van der Waals surface area contributed by atoms with Crippen molar-refractivity contribution in [3.05, 3.63) is 0 Å². The lowest BCUT2D eigenvalue weighted by Crippen LogP contribution is -2.50. The van der Waals surface area contributed by atoms with E-state index in [1.165, 1.54) is 14.0 Å². The van der Waals surface area contributed by atoms with Crippen molar-refractivity contribution < 1.29 is 40.4 Å². The van der Waals surface area contributed by atoms with Crippen molar-refractivity contribution in [2.24, 2.45) is 0 Å². The molecule has 18 heavy (non-hydrogen) atoms. The topological polar surface area (TPSA) is 82.1 Å². The summed E-state index contributed by atoms with van der Waals surface area (Å²) in [5, 5.41) is 9.55. The van der Waals surface area contributed by atoms with Crippen molar-refractivity contribution in [3.63, 3.8) is 0 Å². The van der Waals surface area contributed by atoms with Crippen molar-refractivity contribution in [1.82, 2.24) is 0 Å². The molecule has 0 saturated carbocycles. The third-order valence-corrected chi connectivity index (χ3v) is 3.47. The van der Waals surface area contributed by atoms with Crippen LogP contribution in [0.4, 0.5) is 13.2 Å². The van der Waals surface area contributed by atoms with Crippen LogP contribution in [0.2, 0.25) is 0 Å². The molecule has 10 heteroatoms. The van der Waals surface area contributed by atoms with Crippen molar-refractivity contribution in [2.45, 2.75) is 43.5 Å². The number of ether oxygens (including phenoxy) is 2. The van der Waals surface area contributed by atoms with Gasteiger partial charge < -0.3 is 14.6 Å². The van der Waals surface area contributed by atoms with Crippen LogP contribution < -0.4 is 0 Å². The number of methoxy groups -OCH3 is 1. The van der Waals surface area contributed by atoms with Gasteiger partial charge in [-0.3, -0.25) is 4.18 Å². The molecule has 4 atom stereocenters. The molecule has 0 bridgehead atoms. The average molecular weight is 294 g/mol. The van der Waals surface area contributed by atoms with Gasteiger partial charge >= 0.3 is 15.6 Å². The first-order valence-corrected chi connectivity index (χ1v) is 6.35. The normalized spacial score (nSPS) is 34.6. The molecule has 1 saturated heterocycles. The molecule has 1 aliphatic heterocycles. The van der Waals surface area contributed by atoms with Gasteiger partial charge in [-0.05, 0) is 6.92 Å². The maximum atomic E-state index is 12.1. The van der Waals surface area contributed by atoms with Crippen LogP contribution in [0.15, 0.2) is 0 Å². The van der Waals surface area contributed by atoms with Crippen molar-refractivity contribution in [1.29, 1.82) is 0 Å². The Hall–Kier alpha value is -0.420. The van der Waals surface area contributed by atoms with Crippen molar-refractivity contribution in [2.75, 3.05) is 7.11 Å². The van der Waals surface area contributed by atoms with E-state index in [-0.39, 0.29) is 6.42 Å². The van der Waals surface area contributed by atoms with Gasteiger partial charge in [0.15, 0.2) is 6.29 Å². The van der Waals surface area contributed by atoms with E-state index in [0.29, 0.717) is 0 Å². The predicted molar refractivity (Wildman–Crippen MR) is 51.8 cm³/mol. The second kappa shape index (κ2) is 5.29. The predicted octanol–water partition coefficient (Wildman–Crippen LogP) is 0.363. The summed E-state index contributed by atoms with van der Waals surface area (Å²) in [6.45, 7) is 1.28. The van der Waals surface area contributed by atoms with E-state index < -0.39 is 40.2 Å². The van der Waals surface area contributed by atoms with E-state index in [9.17, 15) is 26.7 Å². The molecule has 0 aliphatic carbocycles. The first-order valence-electron chi connectivity index (χ1n) is 4.94. The maximum Gasteiger partial charge on any atom is 0.523 e. The molecule has 1 heterocycles. The van der Waals surface area contributed by atoms with Crippen LogP contribution in [0.1, 0.15) is 13.3 Å². The monoisotopic (exact) mass is 294 g/mol. The molecule has 0 spiro atoms. The molecule has 0 aromatic carbocycles. The quantitative estimate of drug-likeness (QED) is 0.598. The Morgan fingerprint density at radius 2 is 1.94 bits per heavy atom. The Morgan fingerprint density at radius 3 is 2.33 bits per heavy atom. The maximum absolute atomic E-state index is 12.1. The molecule has 1 fully saturated rings. The Morgan fingerprint density at radius 1 is 1.39 bits per heavy atom. The largest absolute Gasteiger partial charge is 0.523 e. The highest BCUT2D eigenvalue weighted by atomic mass is 32.2. The minimum atomic E-state index is -5.77. The molecule has 0 aromatic rings. The van der Waals surface area contributed by atoms with Crippen LogP contribution in [0.3, 0.4) is 0 Å². The van der Waals surface area contributed by atoms with Gasteiger partial charge in [-0.15, -0.1) is 0 Å². The van der Waals surface area contributed by atoms with Gasteiger partial charge in [-0.25, -0.2) is 0 Å². The van der Waals surface area contributed by atoms with Crippen LogP contribution in [0.25, 0.3) is 0 Å². The lowest BCUT2D eigenvalue weighted by Gasteiger charge is -2.36. The molecule has 0 amide bonds. The van der Waals surface area contributed by atoms with Gasteiger partial charge in [-0.2, -0.15) is 21.6 Å². The van der Waals surface area contributed by atoms with Crippen LogP contribution in [-0.2, 0) is 23.8 Å². The number of halogens is 3. The zero-order valence-electron chi connectivity index (χ0n) is 9.55. The third kappa shape index (κ3) is 3.32. The summed E-state index contributed by atoms with van der Waals surface area (Å²) in [5.41, 5.74) is -5.54. The number of aliphatic hydroxyl groups excluding tert-OH is 1. The summed E-state index contributed by atoms with van der Waals surface area (Å²) >= 11 is 0. The molecule has 1 rings (SSSR count). The summed E-state index contributed by atoms with van der Waals surface area (Å²) in [6.07, 6.45) is -5.11. The number of hydrogen-bond donors (Lipinski definition) is 1. The fourth-order valence-corrected chi connectivity index (χ4v) is 2.20. The van der Waals surface area contributed by atoms with Crippen LogP contribution in [0, 0.1) is 0 Å².